The summed E-state index contributed by atoms with van der Waals surface area (Å²) in [5.74, 6) is 0.848. The Bertz CT molecular complexity index is 1200. The Hall–Kier alpha value is -3.03. The maximum Gasteiger partial charge on any atom is 0.162 e. The van der Waals surface area contributed by atoms with Crippen LogP contribution in [-0.4, -0.2) is 30.5 Å². The van der Waals surface area contributed by atoms with Crippen molar-refractivity contribution < 1.29 is 4.79 Å². The largest absolute Gasteiger partial charge is 0.339 e. The molecule has 0 aliphatic carbocycles. The summed E-state index contributed by atoms with van der Waals surface area (Å²) in [6.07, 6.45) is 1.61. The molecule has 7 nitrogen and oxygen atoms in total. The van der Waals surface area contributed by atoms with Crippen LogP contribution in [0.1, 0.15) is 23.0 Å². The van der Waals surface area contributed by atoms with E-state index in [4.69, 9.17) is 23.2 Å². The molecule has 28 heavy (non-hydrogen) atoms. The van der Waals surface area contributed by atoms with Gasteiger partial charge in [0.25, 0.3) is 0 Å². The lowest BCUT2D eigenvalue weighted by molar-refractivity contribution is 0.101. The van der Waals surface area contributed by atoms with Crippen molar-refractivity contribution in [1.82, 2.24) is 24.7 Å². The Morgan fingerprint density at radius 2 is 1.93 bits per heavy atom. The first-order valence-corrected chi connectivity index (χ1v) is 9.10. The van der Waals surface area contributed by atoms with Gasteiger partial charge in [0.1, 0.15) is 11.5 Å². The topological polar surface area (TPSA) is 85.6 Å². The van der Waals surface area contributed by atoms with Crippen LogP contribution in [0.4, 0.5) is 11.5 Å². The van der Waals surface area contributed by atoms with Gasteiger partial charge in [-0.2, -0.15) is 5.10 Å². The zero-order valence-corrected chi connectivity index (χ0v) is 16.5. The number of carbonyl (C=O) groups is 1. The number of anilines is 2. The summed E-state index contributed by atoms with van der Waals surface area (Å²) in [6.45, 7) is 3.29. The monoisotopic (exact) mass is 412 g/mol. The lowest BCUT2D eigenvalue weighted by Crippen LogP contribution is -2.02. The van der Waals surface area contributed by atoms with Crippen LogP contribution in [0.5, 0.6) is 0 Å². The Kier molecular flexibility index (Phi) is 4.70. The second-order valence-corrected chi connectivity index (χ2v) is 6.96. The van der Waals surface area contributed by atoms with E-state index in [2.05, 4.69) is 25.5 Å². The fourth-order valence-electron chi connectivity index (χ4n) is 2.75. The average molecular weight is 413 g/mol. The summed E-state index contributed by atoms with van der Waals surface area (Å²) < 4.78 is 1.73. The molecule has 0 fully saturated rings. The summed E-state index contributed by atoms with van der Waals surface area (Å²) in [6, 6.07) is 10.9. The summed E-state index contributed by atoms with van der Waals surface area (Å²) in [5.41, 5.74) is 3.47. The molecule has 0 aliphatic heterocycles. The van der Waals surface area contributed by atoms with Crippen molar-refractivity contribution in [3.05, 3.63) is 64.2 Å². The van der Waals surface area contributed by atoms with E-state index in [1.807, 2.05) is 37.3 Å². The third kappa shape index (κ3) is 3.42. The number of nitrogens with zero attached hydrogens (tertiary/aromatic N) is 5. The van der Waals surface area contributed by atoms with E-state index in [-0.39, 0.29) is 16.5 Å². The third-order valence-corrected chi connectivity index (χ3v) is 4.70. The van der Waals surface area contributed by atoms with E-state index >= 15 is 0 Å². The lowest BCUT2D eigenvalue weighted by atomic mass is 10.2. The van der Waals surface area contributed by atoms with Gasteiger partial charge in [-0.1, -0.05) is 23.2 Å². The van der Waals surface area contributed by atoms with Gasteiger partial charge < -0.3 is 5.32 Å². The van der Waals surface area contributed by atoms with Gasteiger partial charge in [0.2, 0.25) is 0 Å². The molecular formula is C19H14Cl2N6O. The number of rotatable bonds is 4. The minimum atomic E-state index is -0.198. The van der Waals surface area contributed by atoms with Gasteiger partial charge in [-0.25, -0.2) is 9.97 Å². The highest BCUT2D eigenvalue weighted by atomic mass is 35.5. The van der Waals surface area contributed by atoms with Crippen molar-refractivity contribution in [1.29, 1.82) is 0 Å². The van der Waals surface area contributed by atoms with E-state index in [0.717, 1.165) is 22.4 Å². The first-order chi connectivity index (χ1) is 13.4. The van der Waals surface area contributed by atoms with Crippen LogP contribution in [0.2, 0.25) is 10.2 Å². The predicted octanol–water partition coefficient (Wildman–Crippen LogP) is 4.77. The first-order valence-electron chi connectivity index (χ1n) is 8.34. The fraction of sp³-hybridized carbons (Fsp3) is 0.105. The number of carbonyl (C=O) groups excluding carboxylic acids is 1. The SMILES string of the molecule is CC(=O)c1cc(Cl)c(-n2cnc3cc(Nc4ccc(C)nn4)ccc32)nc1Cl. The second kappa shape index (κ2) is 7.18. The smallest absolute Gasteiger partial charge is 0.162 e. The molecule has 0 saturated heterocycles. The molecule has 0 aliphatic rings. The van der Waals surface area contributed by atoms with Gasteiger partial charge in [0.15, 0.2) is 17.4 Å². The number of fused-ring (bicyclic) bond motifs is 1. The molecule has 1 aromatic carbocycles. The van der Waals surface area contributed by atoms with Crippen LogP contribution < -0.4 is 5.32 Å². The molecule has 0 spiro atoms. The van der Waals surface area contributed by atoms with Crippen LogP contribution in [-0.2, 0) is 0 Å². The summed E-state index contributed by atoms with van der Waals surface area (Å²) in [4.78, 5) is 20.3. The van der Waals surface area contributed by atoms with Gasteiger partial charge in [-0.3, -0.25) is 9.36 Å². The molecule has 3 aromatic heterocycles. The quantitative estimate of drug-likeness (QED) is 0.383. The number of halogens is 2. The van der Waals surface area contributed by atoms with Crippen molar-refractivity contribution in [2.24, 2.45) is 0 Å². The van der Waals surface area contributed by atoms with Gasteiger partial charge in [-0.05, 0) is 50.2 Å². The molecule has 1 N–H and O–H groups in total. The lowest BCUT2D eigenvalue weighted by Gasteiger charge is -2.09. The Morgan fingerprint density at radius 1 is 1.11 bits per heavy atom. The number of hydrogen-bond acceptors (Lipinski definition) is 6. The fourth-order valence-corrected chi connectivity index (χ4v) is 3.26. The number of ketones is 1. The van der Waals surface area contributed by atoms with Crippen molar-refractivity contribution in [3.63, 3.8) is 0 Å². The molecule has 140 valence electrons. The van der Waals surface area contributed by atoms with Crippen molar-refractivity contribution in [2.45, 2.75) is 13.8 Å². The highest BCUT2D eigenvalue weighted by Gasteiger charge is 2.16. The Labute approximate surface area is 170 Å². The summed E-state index contributed by atoms with van der Waals surface area (Å²) >= 11 is 12.5. The van der Waals surface area contributed by atoms with Gasteiger partial charge in [-0.15, -0.1) is 5.10 Å². The summed E-state index contributed by atoms with van der Waals surface area (Å²) in [7, 11) is 0. The molecule has 9 heteroatoms. The summed E-state index contributed by atoms with van der Waals surface area (Å²) in [5, 5.41) is 11.7. The number of aryl methyl sites for hydroxylation is 1. The molecule has 4 rings (SSSR count). The maximum absolute atomic E-state index is 11.6. The molecule has 0 bridgehead atoms. The van der Waals surface area contributed by atoms with Gasteiger partial charge in [0.05, 0.1) is 27.3 Å². The Morgan fingerprint density at radius 3 is 2.64 bits per heavy atom. The van der Waals surface area contributed by atoms with Crippen LogP contribution in [0.3, 0.4) is 0 Å². The third-order valence-electron chi connectivity index (χ3n) is 4.14. The number of benzene rings is 1. The molecular weight excluding hydrogens is 399 g/mol. The van der Waals surface area contributed by atoms with E-state index in [1.165, 1.54) is 13.0 Å². The van der Waals surface area contributed by atoms with Gasteiger partial charge >= 0.3 is 0 Å². The maximum atomic E-state index is 11.6. The minimum absolute atomic E-state index is 0.102. The number of aromatic nitrogens is 5. The van der Waals surface area contributed by atoms with E-state index in [9.17, 15) is 4.79 Å². The average Bonchev–Trinajstić information content (AvgIpc) is 3.08. The van der Waals surface area contributed by atoms with Crippen LogP contribution in [0.15, 0.2) is 42.7 Å². The van der Waals surface area contributed by atoms with Gasteiger partial charge in [0, 0.05) is 5.69 Å². The van der Waals surface area contributed by atoms with Crippen molar-refractivity contribution in [2.75, 3.05) is 5.32 Å². The number of imidazole rings is 1. The van der Waals surface area contributed by atoms with Crippen LogP contribution in [0.25, 0.3) is 16.9 Å². The molecule has 0 atom stereocenters. The first kappa shape index (κ1) is 18.3. The highest BCUT2D eigenvalue weighted by molar-refractivity contribution is 6.35. The highest BCUT2D eigenvalue weighted by Crippen LogP contribution is 2.29. The standard InChI is InChI=1S/C19H14Cl2N6O/c1-10-3-6-17(26-25-10)23-12-4-5-16-15(7-12)22-9-27(16)19-14(20)8-13(11(2)28)18(21)24-19/h3-9H,1-2H3,(H,23,26). The number of nitrogens with one attached hydrogen (secondary N) is 1. The Balaban J connectivity index is 1.71. The predicted molar refractivity (Wildman–Crippen MR) is 109 cm³/mol. The van der Waals surface area contributed by atoms with Crippen LogP contribution >= 0.6 is 23.2 Å². The number of pyridine rings is 1. The molecule has 0 radical (unpaired) electrons. The zero-order valence-electron chi connectivity index (χ0n) is 14.9. The minimum Gasteiger partial charge on any atom is -0.339 e. The number of Topliss-reactive ketones (excluding diaryl/α,β-unsaturated/α-hetero) is 1. The molecule has 4 aromatic rings. The van der Waals surface area contributed by atoms with Crippen LogP contribution in [0, 0.1) is 6.92 Å². The molecule has 0 unspecified atom stereocenters. The van der Waals surface area contributed by atoms with Crippen molar-refractivity contribution >= 4 is 51.5 Å². The number of hydrogen-bond donors (Lipinski definition) is 1. The van der Waals surface area contributed by atoms with E-state index < -0.39 is 0 Å². The van der Waals surface area contributed by atoms with E-state index in [1.54, 1.807) is 10.9 Å². The normalized spacial score (nSPS) is 11.0. The molecule has 0 amide bonds. The van der Waals surface area contributed by atoms with E-state index in [0.29, 0.717) is 16.7 Å². The molecule has 0 saturated carbocycles. The molecule has 3 heterocycles. The second-order valence-electron chi connectivity index (χ2n) is 6.19. The van der Waals surface area contributed by atoms with Crippen molar-refractivity contribution in [3.8, 4) is 5.82 Å². The zero-order chi connectivity index (χ0) is 19.8.